The molecule has 0 amide bonds. The van der Waals surface area contributed by atoms with Gasteiger partial charge in [-0.15, -0.1) is 0 Å². The van der Waals surface area contributed by atoms with Crippen molar-refractivity contribution in [2.24, 2.45) is 0 Å². The van der Waals surface area contributed by atoms with Gasteiger partial charge in [0.25, 0.3) is 0 Å². The average molecular weight is 264 g/mol. The summed E-state index contributed by atoms with van der Waals surface area (Å²) in [6, 6.07) is 0. The van der Waals surface area contributed by atoms with E-state index in [0.29, 0.717) is 0 Å². The number of rotatable bonds is 4. The number of ether oxygens (including phenoxy) is 2. The van der Waals surface area contributed by atoms with E-state index in [4.69, 9.17) is 21.1 Å². The Balaban J connectivity index is 4.37. The molecule has 0 fully saturated rings. The molecule has 0 aromatic rings. The lowest BCUT2D eigenvalue weighted by Crippen LogP contribution is -2.44. The third kappa shape index (κ3) is 3.17. The Labute approximate surface area is 85.5 Å². The van der Waals surface area contributed by atoms with Crippen LogP contribution in [0.25, 0.3) is 0 Å². The predicted molar refractivity (Wildman–Crippen MR) is 50.3 cm³/mol. The lowest BCUT2D eigenvalue weighted by Gasteiger charge is -2.33. The van der Waals surface area contributed by atoms with Crippen molar-refractivity contribution < 1.29 is 13.9 Å². The van der Waals surface area contributed by atoms with Crippen LogP contribution in [0, 0.1) is 0 Å². The molecule has 0 N–H and O–H groups in total. The summed E-state index contributed by atoms with van der Waals surface area (Å²) >= 11 is 8.44. The Morgan fingerprint density at radius 3 is 2.17 bits per heavy atom. The molecule has 2 unspecified atom stereocenters. The molecule has 0 aliphatic rings. The van der Waals surface area contributed by atoms with Crippen LogP contribution in [0.5, 0.6) is 0 Å². The molecule has 0 saturated carbocycles. The van der Waals surface area contributed by atoms with Crippen molar-refractivity contribution in [2.45, 2.75) is 36.7 Å². The summed E-state index contributed by atoms with van der Waals surface area (Å²) < 4.78 is 21.8. The first-order valence-electron chi connectivity index (χ1n) is 3.52. The number of hydrogen-bond donors (Lipinski definition) is 0. The average Bonchev–Trinajstić information content (AvgIpc) is 1.84. The highest BCUT2D eigenvalue weighted by Crippen LogP contribution is 2.40. The molecule has 74 valence electrons. The molecule has 0 heterocycles. The fourth-order valence-electron chi connectivity index (χ4n) is 0.520. The molecule has 12 heavy (non-hydrogen) atoms. The molecular weight excluding hydrogens is 250 g/mol. The standard InChI is InChI=1S/C7H13BrClFO2/c1-5(2)12-7(9,10)6(3,8)11-4/h5H,1-4H3. The van der Waals surface area contributed by atoms with E-state index >= 15 is 0 Å². The molecule has 0 spiro atoms. The lowest BCUT2D eigenvalue weighted by molar-refractivity contribution is -0.183. The van der Waals surface area contributed by atoms with Gasteiger partial charge in [0, 0.05) is 7.11 Å². The number of alkyl halides is 3. The van der Waals surface area contributed by atoms with Gasteiger partial charge in [0.2, 0.25) is 0 Å². The maximum absolute atomic E-state index is 13.5. The molecule has 0 rings (SSSR count). The second-order valence-electron chi connectivity index (χ2n) is 2.80. The maximum atomic E-state index is 13.5. The van der Waals surface area contributed by atoms with Gasteiger partial charge in [0.15, 0.2) is 4.51 Å². The monoisotopic (exact) mass is 262 g/mol. The van der Waals surface area contributed by atoms with Crippen molar-refractivity contribution in [2.75, 3.05) is 7.11 Å². The maximum Gasteiger partial charge on any atom is 0.325 e. The Morgan fingerprint density at radius 1 is 1.50 bits per heavy atom. The zero-order valence-electron chi connectivity index (χ0n) is 7.53. The van der Waals surface area contributed by atoms with E-state index in [1.807, 2.05) is 0 Å². The molecule has 0 bridgehead atoms. The van der Waals surface area contributed by atoms with E-state index in [9.17, 15) is 4.39 Å². The van der Waals surface area contributed by atoms with Gasteiger partial charge in [0.05, 0.1) is 6.10 Å². The first-order chi connectivity index (χ1) is 5.23. The SMILES string of the molecule is COC(C)(Br)C(F)(Cl)OC(C)C. The highest BCUT2D eigenvalue weighted by Gasteiger charge is 2.48. The largest absolute Gasteiger partial charge is 0.360 e. The third-order valence-electron chi connectivity index (χ3n) is 1.29. The minimum atomic E-state index is -2.37. The highest BCUT2D eigenvalue weighted by atomic mass is 79.9. The fraction of sp³-hybridized carbons (Fsp3) is 1.00. The molecule has 0 saturated heterocycles. The molecular formula is C7H13BrClFO2. The van der Waals surface area contributed by atoms with Gasteiger partial charge >= 0.3 is 5.31 Å². The second kappa shape index (κ2) is 4.22. The summed E-state index contributed by atoms with van der Waals surface area (Å²) in [6.45, 7) is 4.83. The van der Waals surface area contributed by atoms with Crippen LogP contribution in [0.2, 0.25) is 0 Å². The molecule has 0 aliphatic carbocycles. The minimum Gasteiger partial charge on any atom is -0.360 e. The van der Waals surface area contributed by atoms with E-state index in [-0.39, 0.29) is 6.10 Å². The normalized spacial score (nSPS) is 22.0. The van der Waals surface area contributed by atoms with Crippen LogP contribution < -0.4 is 0 Å². The fourth-order valence-corrected chi connectivity index (χ4v) is 0.869. The molecule has 0 aromatic heterocycles. The van der Waals surface area contributed by atoms with Crippen LogP contribution in [0.1, 0.15) is 20.8 Å². The van der Waals surface area contributed by atoms with Gasteiger partial charge in [-0.1, -0.05) is 0 Å². The van der Waals surface area contributed by atoms with Crippen LogP contribution in [0.3, 0.4) is 0 Å². The van der Waals surface area contributed by atoms with Gasteiger partial charge in [-0.3, -0.25) is 0 Å². The van der Waals surface area contributed by atoms with Crippen molar-refractivity contribution in [3.63, 3.8) is 0 Å². The molecule has 2 atom stereocenters. The van der Waals surface area contributed by atoms with Crippen molar-refractivity contribution in [1.82, 2.24) is 0 Å². The topological polar surface area (TPSA) is 18.5 Å². The minimum absolute atomic E-state index is 0.306. The van der Waals surface area contributed by atoms with E-state index in [0.717, 1.165) is 0 Å². The summed E-state index contributed by atoms with van der Waals surface area (Å²) in [5.74, 6) is 0. The zero-order valence-corrected chi connectivity index (χ0v) is 9.87. The van der Waals surface area contributed by atoms with E-state index in [1.54, 1.807) is 13.8 Å². The summed E-state index contributed by atoms with van der Waals surface area (Å²) in [5.41, 5.74) is 0. The summed E-state index contributed by atoms with van der Waals surface area (Å²) in [5, 5.41) is -2.37. The van der Waals surface area contributed by atoms with Crippen LogP contribution in [-0.2, 0) is 9.47 Å². The Bertz CT molecular complexity index is 150. The van der Waals surface area contributed by atoms with Crippen molar-refractivity contribution in [3.8, 4) is 0 Å². The smallest absolute Gasteiger partial charge is 0.325 e. The van der Waals surface area contributed by atoms with Gasteiger partial charge in [-0.05, 0) is 48.3 Å². The Hall–Kier alpha value is 0.620. The van der Waals surface area contributed by atoms with Crippen LogP contribution in [-0.4, -0.2) is 23.0 Å². The van der Waals surface area contributed by atoms with E-state index in [1.165, 1.54) is 14.0 Å². The van der Waals surface area contributed by atoms with Crippen molar-refractivity contribution >= 4 is 27.5 Å². The van der Waals surface area contributed by atoms with E-state index < -0.39 is 9.82 Å². The number of hydrogen-bond acceptors (Lipinski definition) is 2. The quantitative estimate of drug-likeness (QED) is 0.726. The molecule has 2 nitrogen and oxygen atoms in total. The van der Waals surface area contributed by atoms with E-state index in [2.05, 4.69) is 15.9 Å². The predicted octanol–water partition coefficient (Wildman–Crippen LogP) is 3.03. The van der Waals surface area contributed by atoms with Crippen LogP contribution in [0.15, 0.2) is 0 Å². The molecule has 5 heteroatoms. The van der Waals surface area contributed by atoms with Crippen molar-refractivity contribution in [1.29, 1.82) is 0 Å². The Morgan fingerprint density at radius 2 is 1.92 bits per heavy atom. The number of halogens is 3. The first-order valence-corrected chi connectivity index (χ1v) is 4.69. The summed E-state index contributed by atoms with van der Waals surface area (Å²) in [7, 11) is 1.34. The van der Waals surface area contributed by atoms with Gasteiger partial charge in [0.1, 0.15) is 0 Å². The molecule has 0 aromatic carbocycles. The van der Waals surface area contributed by atoms with Gasteiger partial charge in [-0.2, -0.15) is 4.39 Å². The molecule has 0 radical (unpaired) electrons. The zero-order chi connectivity index (χ0) is 9.99. The summed E-state index contributed by atoms with van der Waals surface area (Å²) in [4.78, 5) is 0. The van der Waals surface area contributed by atoms with Crippen LogP contribution in [0.4, 0.5) is 4.39 Å². The number of methoxy groups -OCH3 is 1. The second-order valence-corrected chi connectivity index (χ2v) is 4.80. The van der Waals surface area contributed by atoms with Crippen LogP contribution >= 0.6 is 27.5 Å². The first kappa shape index (κ1) is 12.6. The van der Waals surface area contributed by atoms with Gasteiger partial charge < -0.3 is 9.47 Å². The lowest BCUT2D eigenvalue weighted by atomic mass is 10.4. The highest BCUT2D eigenvalue weighted by molar-refractivity contribution is 9.10. The third-order valence-corrected chi connectivity index (χ3v) is 2.80. The molecule has 0 aliphatic heterocycles. The summed E-state index contributed by atoms with van der Waals surface area (Å²) in [6.07, 6.45) is -0.306. The Kier molecular flexibility index (Phi) is 4.44. The van der Waals surface area contributed by atoms with Gasteiger partial charge in [-0.25, -0.2) is 0 Å². The van der Waals surface area contributed by atoms with Crippen molar-refractivity contribution in [3.05, 3.63) is 0 Å².